The zero-order chi connectivity index (χ0) is 18.6. The number of rotatable bonds is 7. The maximum atomic E-state index is 11.9. The summed E-state index contributed by atoms with van der Waals surface area (Å²) < 4.78 is 15.1. The van der Waals surface area contributed by atoms with E-state index in [1.165, 1.54) is 7.11 Å². The number of cyclic esters (lactones) is 1. The number of fused-ring (bicyclic) bond motifs is 1. The highest BCUT2D eigenvalue weighted by Gasteiger charge is 2.31. The fourth-order valence-corrected chi connectivity index (χ4v) is 3.02. The minimum absolute atomic E-state index is 0.0708. The van der Waals surface area contributed by atoms with E-state index < -0.39 is 5.97 Å². The van der Waals surface area contributed by atoms with Gasteiger partial charge in [0.2, 0.25) is 0 Å². The molecule has 1 aromatic carbocycles. The fourth-order valence-electron chi connectivity index (χ4n) is 3.02. The van der Waals surface area contributed by atoms with Gasteiger partial charge in [-0.25, -0.2) is 4.79 Å². The van der Waals surface area contributed by atoms with Crippen molar-refractivity contribution >= 4 is 11.9 Å². The van der Waals surface area contributed by atoms with Crippen LogP contribution in [0.25, 0.3) is 0 Å². The highest BCUT2D eigenvalue weighted by atomic mass is 16.5. The Labute approximate surface area is 147 Å². The molecule has 0 saturated carbocycles. The number of hydrogen-bond donors (Lipinski definition) is 1. The standard InChI is InChI=1S/C19H24O6/c1-11(6-5-7-15(20)23-3)8-9-13-17(21)16-14(10-25-19(16)22)12(2)18(13)24-4/h8,21H,5-7,9-10H2,1-4H3/b11-8+. The van der Waals surface area contributed by atoms with Crippen LogP contribution in [0.1, 0.15) is 53.2 Å². The van der Waals surface area contributed by atoms with Gasteiger partial charge in [0.05, 0.1) is 14.2 Å². The Hall–Kier alpha value is -2.50. The first-order chi connectivity index (χ1) is 11.9. The Kier molecular flexibility index (Phi) is 6.07. The van der Waals surface area contributed by atoms with E-state index in [-0.39, 0.29) is 23.9 Å². The van der Waals surface area contributed by atoms with E-state index in [9.17, 15) is 14.7 Å². The van der Waals surface area contributed by atoms with Crippen LogP contribution in [0.15, 0.2) is 11.6 Å². The third kappa shape index (κ3) is 3.95. The summed E-state index contributed by atoms with van der Waals surface area (Å²) >= 11 is 0. The molecule has 1 aliphatic heterocycles. The predicted molar refractivity (Wildman–Crippen MR) is 91.8 cm³/mol. The van der Waals surface area contributed by atoms with Gasteiger partial charge < -0.3 is 19.3 Å². The first-order valence-corrected chi connectivity index (χ1v) is 8.21. The van der Waals surface area contributed by atoms with E-state index >= 15 is 0 Å². The van der Waals surface area contributed by atoms with Crippen molar-refractivity contribution in [3.8, 4) is 11.5 Å². The van der Waals surface area contributed by atoms with Crippen molar-refractivity contribution in [1.82, 2.24) is 0 Å². The summed E-state index contributed by atoms with van der Waals surface area (Å²) in [7, 11) is 2.92. The number of aromatic hydroxyl groups is 1. The van der Waals surface area contributed by atoms with Crippen LogP contribution in [0.3, 0.4) is 0 Å². The van der Waals surface area contributed by atoms with Crippen LogP contribution in [-0.2, 0) is 27.3 Å². The molecule has 0 radical (unpaired) electrons. The van der Waals surface area contributed by atoms with Crippen LogP contribution in [0, 0.1) is 6.92 Å². The quantitative estimate of drug-likeness (QED) is 0.602. The second kappa shape index (κ2) is 8.05. The number of ether oxygens (including phenoxy) is 3. The summed E-state index contributed by atoms with van der Waals surface area (Å²) in [5.74, 6) is -0.218. The highest BCUT2D eigenvalue weighted by molar-refractivity contribution is 5.98. The van der Waals surface area contributed by atoms with Gasteiger partial charge in [-0.05, 0) is 38.7 Å². The average molecular weight is 348 g/mol. The lowest BCUT2D eigenvalue weighted by atomic mass is 9.94. The SMILES string of the molecule is COC(=O)CCC/C(C)=C/Cc1c(O)c2c(c(C)c1OC)COC2=O. The number of phenolic OH excluding ortho intramolecular Hbond substituents is 1. The minimum Gasteiger partial charge on any atom is -0.507 e. The Bertz CT molecular complexity index is 717. The van der Waals surface area contributed by atoms with Crippen LogP contribution >= 0.6 is 0 Å². The van der Waals surface area contributed by atoms with Gasteiger partial charge in [-0.1, -0.05) is 11.6 Å². The highest BCUT2D eigenvalue weighted by Crippen LogP contribution is 2.42. The molecule has 6 heteroatoms. The number of carbonyl (C=O) groups is 2. The predicted octanol–water partition coefficient (Wildman–Crippen LogP) is 3.21. The first-order valence-electron chi connectivity index (χ1n) is 8.21. The molecule has 0 unspecified atom stereocenters. The molecule has 0 bridgehead atoms. The van der Waals surface area contributed by atoms with Crippen LogP contribution < -0.4 is 4.74 Å². The van der Waals surface area contributed by atoms with Crippen molar-refractivity contribution in [3.63, 3.8) is 0 Å². The maximum absolute atomic E-state index is 11.9. The molecule has 2 rings (SSSR count). The van der Waals surface area contributed by atoms with E-state index in [2.05, 4.69) is 4.74 Å². The molecule has 0 atom stereocenters. The molecule has 0 spiro atoms. The minimum atomic E-state index is -0.502. The van der Waals surface area contributed by atoms with Gasteiger partial charge in [-0.3, -0.25) is 4.79 Å². The lowest BCUT2D eigenvalue weighted by Gasteiger charge is -2.15. The Balaban J connectivity index is 2.20. The number of esters is 2. The first kappa shape index (κ1) is 18.8. The van der Waals surface area contributed by atoms with Crippen molar-refractivity contribution in [3.05, 3.63) is 33.9 Å². The van der Waals surface area contributed by atoms with E-state index in [4.69, 9.17) is 9.47 Å². The molecule has 0 aromatic heterocycles. The topological polar surface area (TPSA) is 82.1 Å². The molecule has 136 valence electrons. The number of carbonyl (C=O) groups excluding carboxylic acids is 2. The fraction of sp³-hybridized carbons (Fsp3) is 0.474. The zero-order valence-electron chi connectivity index (χ0n) is 15.1. The lowest BCUT2D eigenvalue weighted by molar-refractivity contribution is -0.140. The third-order valence-electron chi connectivity index (χ3n) is 4.48. The van der Waals surface area contributed by atoms with Crippen molar-refractivity contribution in [2.45, 2.75) is 46.1 Å². The molecule has 0 amide bonds. The summed E-state index contributed by atoms with van der Waals surface area (Å²) in [5, 5.41) is 10.5. The average Bonchev–Trinajstić information content (AvgIpc) is 2.98. The monoisotopic (exact) mass is 348 g/mol. The van der Waals surface area contributed by atoms with Crippen molar-refractivity contribution < 1.29 is 28.9 Å². The summed E-state index contributed by atoms with van der Waals surface area (Å²) in [6, 6.07) is 0. The van der Waals surface area contributed by atoms with Crippen LogP contribution in [0.4, 0.5) is 0 Å². The zero-order valence-corrected chi connectivity index (χ0v) is 15.1. The molecule has 1 aliphatic rings. The summed E-state index contributed by atoms with van der Waals surface area (Å²) in [4.78, 5) is 23.0. The van der Waals surface area contributed by atoms with E-state index in [1.54, 1.807) is 7.11 Å². The van der Waals surface area contributed by atoms with Gasteiger partial charge in [0, 0.05) is 17.5 Å². The van der Waals surface area contributed by atoms with Gasteiger partial charge >= 0.3 is 11.9 Å². The number of benzene rings is 1. The van der Waals surface area contributed by atoms with Gasteiger partial charge in [0.25, 0.3) is 0 Å². The molecule has 0 aliphatic carbocycles. The molecule has 1 aromatic rings. The van der Waals surface area contributed by atoms with E-state index in [0.29, 0.717) is 36.1 Å². The number of methoxy groups -OCH3 is 2. The van der Waals surface area contributed by atoms with Crippen LogP contribution in [-0.4, -0.2) is 31.3 Å². The Morgan fingerprint density at radius 1 is 1.32 bits per heavy atom. The Morgan fingerprint density at radius 3 is 2.68 bits per heavy atom. The van der Waals surface area contributed by atoms with Crippen molar-refractivity contribution in [2.24, 2.45) is 0 Å². The largest absolute Gasteiger partial charge is 0.507 e. The normalized spacial score (nSPS) is 13.4. The molecular weight excluding hydrogens is 324 g/mol. The van der Waals surface area contributed by atoms with Gasteiger partial charge in [0.1, 0.15) is 23.7 Å². The van der Waals surface area contributed by atoms with E-state index in [0.717, 1.165) is 17.6 Å². The third-order valence-corrected chi connectivity index (χ3v) is 4.48. The lowest BCUT2D eigenvalue weighted by Crippen LogP contribution is -2.03. The summed E-state index contributed by atoms with van der Waals surface area (Å²) in [6.07, 6.45) is 4.24. The second-order valence-electron chi connectivity index (χ2n) is 6.10. The molecule has 0 fully saturated rings. The number of hydrogen-bond acceptors (Lipinski definition) is 6. The molecular formula is C19H24O6. The summed E-state index contributed by atoms with van der Waals surface area (Å²) in [6.45, 7) is 3.98. The van der Waals surface area contributed by atoms with Gasteiger partial charge in [-0.2, -0.15) is 0 Å². The van der Waals surface area contributed by atoms with E-state index in [1.807, 2.05) is 19.9 Å². The number of phenols is 1. The van der Waals surface area contributed by atoms with Crippen LogP contribution in [0.2, 0.25) is 0 Å². The molecule has 1 heterocycles. The van der Waals surface area contributed by atoms with Crippen molar-refractivity contribution in [2.75, 3.05) is 14.2 Å². The van der Waals surface area contributed by atoms with Gasteiger partial charge in [0.15, 0.2) is 0 Å². The number of allylic oxidation sites excluding steroid dienone is 2. The second-order valence-corrected chi connectivity index (χ2v) is 6.10. The Morgan fingerprint density at radius 2 is 2.04 bits per heavy atom. The maximum Gasteiger partial charge on any atom is 0.342 e. The molecule has 6 nitrogen and oxygen atoms in total. The summed E-state index contributed by atoms with van der Waals surface area (Å²) in [5.41, 5.74) is 3.40. The van der Waals surface area contributed by atoms with Gasteiger partial charge in [-0.15, -0.1) is 0 Å². The molecule has 25 heavy (non-hydrogen) atoms. The molecule has 1 N–H and O–H groups in total. The smallest absolute Gasteiger partial charge is 0.342 e. The van der Waals surface area contributed by atoms with Crippen LogP contribution in [0.5, 0.6) is 11.5 Å². The van der Waals surface area contributed by atoms with Crippen molar-refractivity contribution in [1.29, 1.82) is 0 Å². The molecule has 0 saturated heterocycles.